The summed E-state index contributed by atoms with van der Waals surface area (Å²) in [5, 5.41) is 0. The van der Waals surface area contributed by atoms with Crippen LogP contribution in [0.15, 0.2) is 48.5 Å². The number of nitrogens with two attached hydrogens (primary N) is 2. The van der Waals surface area contributed by atoms with Crippen molar-refractivity contribution in [3.63, 3.8) is 0 Å². The van der Waals surface area contributed by atoms with Gasteiger partial charge in [-0.25, -0.2) is 0 Å². The smallest absolute Gasteiger partial charge is 0.0326 e. The van der Waals surface area contributed by atoms with E-state index in [2.05, 4.69) is 62.4 Å². The maximum absolute atomic E-state index is 5.99. The van der Waals surface area contributed by atoms with Crippen LogP contribution in [0.1, 0.15) is 48.2 Å². The lowest BCUT2D eigenvalue weighted by molar-refractivity contribution is 0.513. The molecule has 4 N–H and O–H groups in total. The molecule has 0 amide bonds. The van der Waals surface area contributed by atoms with Crippen molar-refractivity contribution in [3.05, 3.63) is 70.8 Å². The summed E-state index contributed by atoms with van der Waals surface area (Å²) in [4.78, 5) is 0. The average molecular weight is 294 g/mol. The quantitative estimate of drug-likeness (QED) is 0.777. The van der Waals surface area contributed by atoms with E-state index in [4.69, 9.17) is 11.5 Å². The lowest BCUT2D eigenvalue weighted by atomic mass is 10.0. The molecule has 0 bridgehead atoms. The zero-order valence-corrected chi connectivity index (χ0v) is 13.5. The first-order valence-electron chi connectivity index (χ1n) is 8.24. The van der Waals surface area contributed by atoms with Crippen molar-refractivity contribution in [1.82, 2.24) is 0 Å². The molecule has 2 nitrogen and oxygen atoms in total. The van der Waals surface area contributed by atoms with Gasteiger partial charge in [-0.3, -0.25) is 0 Å². The van der Waals surface area contributed by atoms with E-state index < -0.39 is 0 Å². The summed E-state index contributed by atoms with van der Waals surface area (Å²) >= 11 is 0. The van der Waals surface area contributed by atoms with Crippen LogP contribution in [0.25, 0.3) is 0 Å². The van der Waals surface area contributed by atoms with Crippen molar-refractivity contribution < 1.29 is 0 Å². The number of hydrogen-bond donors (Lipinski definition) is 2. The van der Waals surface area contributed by atoms with Crippen LogP contribution in [-0.2, 0) is 12.8 Å². The van der Waals surface area contributed by atoms with Crippen molar-refractivity contribution in [3.8, 4) is 0 Å². The summed E-state index contributed by atoms with van der Waals surface area (Å²) in [5.74, 6) is 1.24. The van der Waals surface area contributed by atoms with Gasteiger partial charge in [-0.15, -0.1) is 0 Å². The Hall–Kier alpha value is -1.64. The molecule has 4 atom stereocenters. The fraction of sp³-hybridized carbons (Fsp3) is 0.400. The third-order valence-corrected chi connectivity index (χ3v) is 5.14. The third-order valence-electron chi connectivity index (χ3n) is 5.14. The van der Waals surface area contributed by atoms with E-state index in [9.17, 15) is 0 Å². The van der Waals surface area contributed by atoms with Crippen molar-refractivity contribution in [2.75, 3.05) is 0 Å². The Balaban J connectivity index is 0.000000131. The third kappa shape index (κ3) is 2.81. The Labute approximate surface area is 133 Å². The van der Waals surface area contributed by atoms with E-state index >= 15 is 0 Å². The van der Waals surface area contributed by atoms with Crippen LogP contribution in [0.4, 0.5) is 0 Å². The highest BCUT2D eigenvalue weighted by Gasteiger charge is 2.25. The van der Waals surface area contributed by atoms with Crippen LogP contribution in [0.3, 0.4) is 0 Å². The molecule has 2 aliphatic rings. The predicted octanol–water partition coefficient (Wildman–Crippen LogP) is 3.76. The Morgan fingerprint density at radius 2 is 1.05 bits per heavy atom. The minimum Gasteiger partial charge on any atom is -0.324 e. The molecule has 0 aromatic heterocycles. The fourth-order valence-corrected chi connectivity index (χ4v) is 3.65. The number of fused-ring (bicyclic) bond motifs is 2. The summed E-state index contributed by atoms with van der Waals surface area (Å²) in [6.45, 7) is 4.43. The Morgan fingerprint density at radius 1 is 0.682 bits per heavy atom. The van der Waals surface area contributed by atoms with Gasteiger partial charge in [-0.05, 0) is 46.9 Å². The molecule has 0 saturated heterocycles. The van der Waals surface area contributed by atoms with E-state index in [0.717, 1.165) is 12.8 Å². The van der Waals surface area contributed by atoms with Crippen LogP contribution in [-0.4, -0.2) is 0 Å². The highest BCUT2D eigenvalue weighted by atomic mass is 14.7. The first kappa shape index (κ1) is 15.3. The topological polar surface area (TPSA) is 52.0 Å². The largest absolute Gasteiger partial charge is 0.324 e. The lowest BCUT2D eigenvalue weighted by Gasteiger charge is -2.08. The van der Waals surface area contributed by atoms with Crippen molar-refractivity contribution in [2.45, 2.75) is 38.8 Å². The normalized spacial score (nSPS) is 28.5. The molecule has 0 fully saturated rings. The standard InChI is InChI=1S/2C10H13N/c2*1-7-6-8-4-2-3-5-9(8)10(7)11/h2*2-5,7,10H,6,11H2,1H3/t7-,10+;7-,10-/m10/s1. The second kappa shape index (κ2) is 6.23. The predicted molar refractivity (Wildman–Crippen MR) is 92.5 cm³/mol. The van der Waals surface area contributed by atoms with Crippen LogP contribution < -0.4 is 11.5 Å². The molecule has 2 aliphatic carbocycles. The van der Waals surface area contributed by atoms with Gasteiger partial charge in [0, 0.05) is 12.1 Å². The molecule has 2 aromatic carbocycles. The Kier molecular flexibility index (Phi) is 4.32. The van der Waals surface area contributed by atoms with Crippen LogP contribution in [0.5, 0.6) is 0 Å². The summed E-state index contributed by atoms with van der Waals surface area (Å²) in [7, 11) is 0. The summed E-state index contributed by atoms with van der Waals surface area (Å²) in [6, 6.07) is 17.5. The van der Waals surface area contributed by atoms with Crippen LogP contribution in [0.2, 0.25) is 0 Å². The van der Waals surface area contributed by atoms with Gasteiger partial charge in [-0.1, -0.05) is 62.4 Å². The van der Waals surface area contributed by atoms with E-state index in [1.165, 1.54) is 22.3 Å². The van der Waals surface area contributed by atoms with E-state index in [0.29, 0.717) is 11.8 Å². The van der Waals surface area contributed by atoms with E-state index in [1.807, 2.05) is 0 Å². The molecule has 22 heavy (non-hydrogen) atoms. The first-order chi connectivity index (χ1) is 10.6. The zero-order chi connectivity index (χ0) is 15.7. The number of benzene rings is 2. The monoisotopic (exact) mass is 294 g/mol. The maximum atomic E-state index is 5.99. The van der Waals surface area contributed by atoms with Gasteiger partial charge in [0.1, 0.15) is 0 Å². The average Bonchev–Trinajstić information content (AvgIpc) is 2.98. The molecule has 0 saturated carbocycles. The summed E-state index contributed by atoms with van der Waals surface area (Å²) < 4.78 is 0. The zero-order valence-electron chi connectivity index (χ0n) is 13.5. The van der Waals surface area contributed by atoms with Crippen LogP contribution in [0, 0.1) is 11.8 Å². The second-order valence-corrected chi connectivity index (χ2v) is 6.81. The van der Waals surface area contributed by atoms with Gasteiger partial charge in [0.15, 0.2) is 0 Å². The van der Waals surface area contributed by atoms with Crippen molar-refractivity contribution in [2.24, 2.45) is 23.3 Å². The van der Waals surface area contributed by atoms with Gasteiger partial charge >= 0.3 is 0 Å². The molecular formula is C20H26N2. The minimum atomic E-state index is 0.270. The minimum absolute atomic E-state index is 0.270. The van der Waals surface area contributed by atoms with E-state index in [-0.39, 0.29) is 12.1 Å². The van der Waals surface area contributed by atoms with Gasteiger partial charge in [-0.2, -0.15) is 0 Å². The van der Waals surface area contributed by atoms with Crippen LogP contribution >= 0.6 is 0 Å². The van der Waals surface area contributed by atoms with Gasteiger partial charge in [0.05, 0.1) is 0 Å². The van der Waals surface area contributed by atoms with Crippen molar-refractivity contribution >= 4 is 0 Å². The fourth-order valence-electron chi connectivity index (χ4n) is 3.65. The highest BCUT2D eigenvalue weighted by Crippen LogP contribution is 2.34. The highest BCUT2D eigenvalue weighted by molar-refractivity contribution is 5.35. The van der Waals surface area contributed by atoms with Gasteiger partial charge < -0.3 is 11.5 Å². The molecule has 0 radical (unpaired) electrons. The number of rotatable bonds is 0. The Morgan fingerprint density at radius 3 is 1.41 bits per heavy atom. The molecule has 4 rings (SSSR count). The van der Waals surface area contributed by atoms with E-state index in [1.54, 1.807) is 0 Å². The second-order valence-electron chi connectivity index (χ2n) is 6.81. The molecule has 0 aliphatic heterocycles. The summed E-state index contributed by atoms with van der Waals surface area (Å²) in [5.41, 5.74) is 17.5. The maximum Gasteiger partial charge on any atom is 0.0326 e. The molecule has 116 valence electrons. The molecule has 0 spiro atoms. The molecule has 0 heterocycles. The SMILES string of the molecule is C[C@@H]1Cc2ccccc2[C@H]1N.C[C@H]1Cc2ccccc2[C@H]1N. The van der Waals surface area contributed by atoms with Gasteiger partial charge in [0.25, 0.3) is 0 Å². The molecule has 2 aromatic rings. The molecular weight excluding hydrogens is 268 g/mol. The Bertz CT molecular complexity index is 592. The summed E-state index contributed by atoms with van der Waals surface area (Å²) in [6.07, 6.45) is 2.30. The number of hydrogen-bond acceptors (Lipinski definition) is 2. The van der Waals surface area contributed by atoms with Gasteiger partial charge in [0.2, 0.25) is 0 Å². The molecule has 0 unspecified atom stereocenters. The van der Waals surface area contributed by atoms with Crippen molar-refractivity contribution in [1.29, 1.82) is 0 Å². The lowest BCUT2D eigenvalue weighted by Crippen LogP contribution is -2.13. The molecule has 2 heteroatoms. The first-order valence-corrected chi connectivity index (χ1v) is 8.24.